The maximum Gasteiger partial charge on any atom is 0.244 e. The van der Waals surface area contributed by atoms with E-state index >= 15 is 0 Å². The Kier molecular flexibility index (Phi) is 3.74. The van der Waals surface area contributed by atoms with Crippen molar-refractivity contribution in [3.63, 3.8) is 0 Å². The number of benzene rings is 1. The lowest BCUT2D eigenvalue weighted by Gasteiger charge is -2.21. The highest BCUT2D eigenvalue weighted by Crippen LogP contribution is 2.36. The maximum absolute atomic E-state index is 12.2. The monoisotopic (exact) mass is 272 g/mol. The van der Waals surface area contributed by atoms with Crippen molar-refractivity contribution in [2.24, 2.45) is 5.73 Å². The van der Waals surface area contributed by atoms with Crippen molar-refractivity contribution < 1.29 is 17.9 Å². The van der Waals surface area contributed by atoms with Crippen molar-refractivity contribution in [3.05, 3.63) is 18.2 Å². The number of hydrogen-bond acceptors (Lipinski definition) is 5. The maximum atomic E-state index is 12.2. The number of fused-ring (bicyclic) bond motifs is 1. The van der Waals surface area contributed by atoms with Crippen molar-refractivity contribution in [2.75, 3.05) is 19.8 Å². The van der Waals surface area contributed by atoms with E-state index < -0.39 is 10.0 Å². The molecule has 0 spiro atoms. The molecule has 2 rings (SSSR count). The molecule has 1 aliphatic rings. The van der Waals surface area contributed by atoms with Crippen LogP contribution in [0.1, 0.15) is 6.92 Å². The first kappa shape index (κ1) is 13.1. The van der Waals surface area contributed by atoms with Crippen LogP contribution in [-0.4, -0.2) is 34.2 Å². The molecule has 0 saturated carbocycles. The van der Waals surface area contributed by atoms with Gasteiger partial charge < -0.3 is 15.2 Å². The number of para-hydroxylation sites is 1. The van der Waals surface area contributed by atoms with Crippen LogP contribution in [0.3, 0.4) is 0 Å². The van der Waals surface area contributed by atoms with Gasteiger partial charge in [0.25, 0.3) is 0 Å². The van der Waals surface area contributed by atoms with Crippen molar-refractivity contribution >= 4 is 10.0 Å². The lowest BCUT2D eigenvalue weighted by Crippen LogP contribution is -2.38. The summed E-state index contributed by atoms with van der Waals surface area (Å²) < 4.78 is 37.6. The minimum atomic E-state index is -3.65. The smallest absolute Gasteiger partial charge is 0.244 e. The van der Waals surface area contributed by atoms with Crippen molar-refractivity contribution in [1.82, 2.24) is 4.72 Å². The fraction of sp³-hybridized carbons (Fsp3) is 0.455. The molecule has 6 nitrogen and oxygen atoms in total. The summed E-state index contributed by atoms with van der Waals surface area (Å²) in [7, 11) is -3.65. The molecule has 0 radical (unpaired) electrons. The fourth-order valence-electron chi connectivity index (χ4n) is 1.64. The molecule has 1 aliphatic heterocycles. The van der Waals surface area contributed by atoms with Gasteiger partial charge >= 0.3 is 0 Å². The lowest BCUT2D eigenvalue weighted by atomic mass is 10.3. The van der Waals surface area contributed by atoms with Gasteiger partial charge in [0.15, 0.2) is 11.5 Å². The van der Waals surface area contributed by atoms with Gasteiger partial charge in [-0.15, -0.1) is 0 Å². The molecule has 1 aromatic rings. The fourth-order valence-corrected chi connectivity index (χ4v) is 3.05. The van der Waals surface area contributed by atoms with Crippen LogP contribution in [0.15, 0.2) is 23.1 Å². The van der Waals surface area contributed by atoms with Gasteiger partial charge in [0.05, 0.1) is 0 Å². The van der Waals surface area contributed by atoms with Gasteiger partial charge in [-0.1, -0.05) is 6.07 Å². The topological polar surface area (TPSA) is 90.7 Å². The highest BCUT2D eigenvalue weighted by molar-refractivity contribution is 7.89. The van der Waals surface area contributed by atoms with Crippen LogP contribution in [0.4, 0.5) is 0 Å². The SMILES string of the molecule is C[C@@H](CN)NS(=O)(=O)c1cccc2c1OCCO2. The largest absolute Gasteiger partial charge is 0.486 e. The molecule has 1 heterocycles. The molecule has 0 aliphatic carbocycles. The minimum Gasteiger partial charge on any atom is -0.486 e. The molecule has 3 N–H and O–H groups in total. The predicted octanol–water partition coefficient (Wildman–Crippen LogP) is 0.0833. The first-order valence-corrected chi connectivity index (χ1v) is 7.14. The highest BCUT2D eigenvalue weighted by atomic mass is 32.2. The molecule has 1 aromatic carbocycles. The van der Waals surface area contributed by atoms with E-state index in [0.29, 0.717) is 19.0 Å². The minimum absolute atomic E-state index is 0.0833. The van der Waals surface area contributed by atoms with Crippen LogP contribution >= 0.6 is 0 Å². The summed E-state index contributed by atoms with van der Waals surface area (Å²) in [6.45, 7) is 2.69. The van der Waals surface area contributed by atoms with Gasteiger partial charge in [-0.3, -0.25) is 0 Å². The Hall–Kier alpha value is -1.31. The Morgan fingerprint density at radius 1 is 1.39 bits per heavy atom. The molecule has 100 valence electrons. The molecule has 0 amide bonds. The Bertz CT molecular complexity index is 530. The molecule has 0 unspecified atom stereocenters. The van der Waals surface area contributed by atoms with Crippen LogP contribution in [0.2, 0.25) is 0 Å². The van der Waals surface area contributed by atoms with Gasteiger partial charge in [-0.2, -0.15) is 0 Å². The van der Waals surface area contributed by atoms with E-state index in [1.165, 1.54) is 6.07 Å². The Balaban J connectivity index is 2.39. The van der Waals surface area contributed by atoms with Crippen LogP contribution in [0.5, 0.6) is 11.5 Å². The third-order valence-corrected chi connectivity index (χ3v) is 4.14. The van der Waals surface area contributed by atoms with Crippen molar-refractivity contribution in [3.8, 4) is 11.5 Å². The highest BCUT2D eigenvalue weighted by Gasteiger charge is 2.25. The average Bonchev–Trinajstić information content (AvgIpc) is 2.37. The molecule has 7 heteroatoms. The number of rotatable bonds is 4. The zero-order valence-electron chi connectivity index (χ0n) is 10.0. The molecular formula is C11H16N2O4S. The standard InChI is InChI=1S/C11H16N2O4S/c1-8(7-12)13-18(14,15)10-4-2-3-9-11(10)17-6-5-16-9/h2-4,8,13H,5-7,12H2,1H3/t8-/m0/s1. The van der Waals surface area contributed by atoms with Crippen LogP contribution in [0.25, 0.3) is 0 Å². The van der Waals surface area contributed by atoms with E-state index in [1.54, 1.807) is 19.1 Å². The first-order valence-electron chi connectivity index (χ1n) is 5.65. The Labute approximate surface area is 106 Å². The first-order chi connectivity index (χ1) is 8.54. The molecule has 18 heavy (non-hydrogen) atoms. The number of hydrogen-bond donors (Lipinski definition) is 2. The van der Waals surface area contributed by atoms with Gasteiger partial charge in [-0.25, -0.2) is 13.1 Å². The van der Waals surface area contributed by atoms with E-state index in [1.807, 2.05) is 0 Å². The number of sulfonamides is 1. The van der Waals surface area contributed by atoms with E-state index in [-0.39, 0.29) is 23.2 Å². The molecule has 1 atom stereocenters. The zero-order chi connectivity index (χ0) is 13.2. The second-order valence-corrected chi connectivity index (χ2v) is 5.72. The number of ether oxygens (including phenoxy) is 2. The van der Waals surface area contributed by atoms with Gasteiger partial charge in [0, 0.05) is 12.6 Å². The van der Waals surface area contributed by atoms with Crippen LogP contribution in [0, 0.1) is 0 Å². The summed E-state index contributed by atoms with van der Waals surface area (Å²) in [5.74, 6) is 0.713. The quantitative estimate of drug-likeness (QED) is 0.810. The third kappa shape index (κ3) is 2.58. The van der Waals surface area contributed by atoms with Crippen molar-refractivity contribution in [2.45, 2.75) is 17.9 Å². The van der Waals surface area contributed by atoms with Crippen LogP contribution < -0.4 is 19.9 Å². The van der Waals surface area contributed by atoms with Gasteiger partial charge in [0.2, 0.25) is 10.0 Å². The molecule has 0 saturated heterocycles. The molecule has 0 aromatic heterocycles. The molecule has 0 bridgehead atoms. The van der Waals surface area contributed by atoms with E-state index in [0.717, 1.165) is 0 Å². The number of nitrogens with one attached hydrogen (secondary N) is 1. The van der Waals surface area contributed by atoms with Crippen molar-refractivity contribution in [1.29, 1.82) is 0 Å². The summed E-state index contributed by atoms with van der Waals surface area (Å²) in [5.41, 5.74) is 5.41. The predicted molar refractivity (Wildman–Crippen MR) is 66.3 cm³/mol. The number of nitrogens with two attached hydrogens (primary N) is 1. The zero-order valence-corrected chi connectivity index (χ0v) is 10.9. The lowest BCUT2D eigenvalue weighted by molar-refractivity contribution is 0.167. The Morgan fingerprint density at radius 3 is 2.83 bits per heavy atom. The molecule has 0 fully saturated rings. The second kappa shape index (κ2) is 5.13. The average molecular weight is 272 g/mol. The summed E-state index contributed by atoms with van der Waals surface area (Å²) >= 11 is 0. The normalized spacial score (nSPS) is 16.3. The third-order valence-electron chi connectivity index (χ3n) is 2.53. The van der Waals surface area contributed by atoms with Crippen LogP contribution in [-0.2, 0) is 10.0 Å². The van der Waals surface area contributed by atoms with E-state index in [2.05, 4.69) is 4.72 Å². The van der Waals surface area contributed by atoms with E-state index in [4.69, 9.17) is 15.2 Å². The summed E-state index contributed by atoms with van der Waals surface area (Å²) in [5, 5.41) is 0. The van der Waals surface area contributed by atoms with Gasteiger partial charge in [0.1, 0.15) is 18.1 Å². The van der Waals surface area contributed by atoms with Gasteiger partial charge in [-0.05, 0) is 19.1 Å². The van der Waals surface area contributed by atoms with E-state index in [9.17, 15) is 8.42 Å². The Morgan fingerprint density at radius 2 is 2.11 bits per heavy atom. The summed E-state index contributed by atoms with van der Waals surface area (Å²) in [6.07, 6.45) is 0. The second-order valence-electron chi connectivity index (χ2n) is 4.04. The summed E-state index contributed by atoms with van der Waals surface area (Å²) in [4.78, 5) is 0.0833. The molecular weight excluding hydrogens is 256 g/mol. The summed E-state index contributed by atoms with van der Waals surface area (Å²) in [6, 6.07) is 4.45.